The third-order valence-corrected chi connectivity index (χ3v) is 4.49. The Bertz CT molecular complexity index is 719. The van der Waals surface area contributed by atoms with E-state index in [1.807, 2.05) is 27.7 Å². The molecule has 29 heavy (non-hydrogen) atoms. The molecule has 1 heterocycles. The first kappa shape index (κ1) is 22.9. The van der Waals surface area contributed by atoms with Gasteiger partial charge in [0.05, 0.1) is 6.54 Å². The lowest BCUT2D eigenvalue weighted by atomic mass is 9.98. The van der Waals surface area contributed by atoms with Crippen molar-refractivity contribution >= 4 is 12.1 Å². The molecule has 1 unspecified atom stereocenters. The highest BCUT2D eigenvalue weighted by atomic mass is 19.1. The minimum atomic E-state index is -0.515. The van der Waals surface area contributed by atoms with Crippen LogP contribution in [0.1, 0.15) is 46.1 Å². The van der Waals surface area contributed by atoms with Crippen molar-refractivity contribution < 1.29 is 18.3 Å². The van der Waals surface area contributed by atoms with Gasteiger partial charge in [-0.05, 0) is 64.7 Å². The van der Waals surface area contributed by atoms with Crippen LogP contribution >= 0.6 is 0 Å². The zero-order valence-corrected chi connectivity index (χ0v) is 17.7. The molecule has 1 aliphatic rings. The van der Waals surface area contributed by atoms with Crippen molar-refractivity contribution in [3.63, 3.8) is 0 Å². The second kappa shape index (κ2) is 10.4. The molecule has 8 heteroatoms. The summed E-state index contributed by atoms with van der Waals surface area (Å²) in [4.78, 5) is 18.4. The molecule has 1 aromatic rings. The van der Waals surface area contributed by atoms with E-state index in [0.29, 0.717) is 32.1 Å². The number of rotatable bonds is 5. The Morgan fingerprint density at radius 1 is 1.31 bits per heavy atom. The van der Waals surface area contributed by atoms with Crippen molar-refractivity contribution in [2.75, 3.05) is 26.2 Å². The third-order valence-electron chi connectivity index (χ3n) is 4.49. The summed E-state index contributed by atoms with van der Waals surface area (Å²) in [6, 6.07) is 3.35. The number of carbonyl (C=O) groups excluding carboxylic acids is 1. The van der Waals surface area contributed by atoms with E-state index in [4.69, 9.17) is 4.74 Å². The first-order valence-electron chi connectivity index (χ1n) is 10.1. The number of hydrogen-bond acceptors (Lipinski definition) is 3. The van der Waals surface area contributed by atoms with Crippen LogP contribution in [0, 0.1) is 17.6 Å². The second-order valence-corrected chi connectivity index (χ2v) is 8.25. The molecule has 6 nitrogen and oxygen atoms in total. The number of carbonyl (C=O) groups is 1. The van der Waals surface area contributed by atoms with Crippen molar-refractivity contribution in [3.8, 4) is 0 Å². The quantitative estimate of drug-likeness (QED) is 0.574. The summed E-state index contributed by atoms with van der Waals surface area (Å²) in [6.07, 6.45) is 1.61. The molecule has 1 atom stereocenters. The summed E-state index contributed by atoms with van der Waals surface area (Å²) in [7, 11) is 0. The van der Waals surface area contributed by atoms with E-state index < -0.39 is 17.2 Å². The topological polar surface area (TPSA) is 66.0 Å². The summed E-state index contributed by atoms with van der Waals surface area (Å²) in [5.74, 6) is -0.179. The standard InChI is InChI=1S/C21H32F2N4O2/c1-5-24-19(26-13-16-11-17(22)8-9-18(16)23)25-12-15-7-6-10-27(14-15)20(28)29-21(2,3)4/h8-9,11,15H,5-7,10,12-14H2,1-4H3,(H2,24,25,26). The fraction of sp³-hybridized carbons (Fsp3) is 0.619. The molecule has 0 aromatic heterocycles. The second-order valence-electron chi connectivity index (χ2n) is 8.25. The summed E-state index contributed by atoms with van der Waals surface area (Å²) >= 11 is 0. The van der Waals surface area contributed by atoms with Gasteiger partial charge in [-0.3, -0.25) is 0 Å². The predicted octanol–water partition coefficient (Wildman–Crippen LogP) is 3.67. The molecular weight excluding hydrogens is 378 g/mol. The van der Waals surface area contributed by atoms with E-state index >= 15 is 0 Å². The van der Waals surface area contributed by atoms with Gasteiger partial charge in [-0.25, -0.2) is 18.6 Å². The number of piperidine rings is 1. The Balaban J connectivity index is 1.92. The first-order chi connectivity index (χ1) is 13.7. The molecule has 0 bridgehead atoms. The molecule has 0 radical (unpaired) electrons. The molecular formula is C21H32F2N4O2. The monoisotopic (exact) mass is 410 g/mol. The summed E-state index contributed by atoms with van der Waals surface area (Å²) < 4.78 is 32.6. The van der Waals surface area contributed by atoms with Gasteiger partial charge in [-0.15, -0.1) is 0 Å². The summed E-state index contributed by atoms with van der Waals surface area (Å²) in [5.41, 5.74) is -0.310. The average Bonchev–Trinajstić information content (AvgIpc) is 2.65. The van der Waals surface area contributed by atoms with Gasteiger partial charge in [0.1, 0.15) is 17.2 Å². The molecule has 1 saturated heterocycles. The van der Waals surface area contributed by atoms with Crippen molar-refractivity contribution in [1.29, 1.82) is 0 Å². The van der Waals surface area contributed by atoms with E-state index in [2.05, 4.69) is 15.6 Å². The number of nitrogens with zero attached hydrogens (tertiary/aromatic N) is 2. The Labute approximate surface area is 171 Å². The van der Waals surface area contributed by atoms with E-state index in [-0.39, 0.29) is 24.1 Å². The summed E-state index contributed by atoms with van der Waals surface area (Å²) in [5, 5.41) is 6.36. The zero-order valence-electron chi connectivity index (χ0n) is 17.7. The minimum Gasteiger partial charge on any atom is -0.444 e. The Morgan fingerprint density at radius 2 is 2.07 bits per heavy atom. The Morgan fingerprint density at radius 3 is 2.76 bits per heavy atom. The maximum Gasteiger partial charge on any atom is 0.410 e. The molecule has 1 amide bonds. The molecule has 2 N–H and O–H groups in total. The van der Waals surface area contributed by atoms with Crippen LogP contribution in [0.25, 0.3) is 0 Å². The Hall–Kier alpha value is -2.38. The molecule has 1 fully saturated rings. The number of benzene rings is 1. The van der Waals surface area contributed by atoms with Gasteiger partial charge in [-0.1, -0.05) is 0 Å². The van der Waals surface area contributed by atoms with E-state index in [9.17, 15) is 13.6 Å². The van der Waals surface area contributed by atoms with Crippen molar-refractivity contribution in [2.24, 2.45) is 10.9 Å². The number of nitrogens with one attached hydrogen (secondary N) is 2. The largest absolute Gasteiger partial charge is 0.444 e. The maximum absolute atomic E-state index is 13.8. The van der Waals surface area contributed by atoms with Gasteiger partial charge >= 0.3 is 6.09 Å². The predicted molar refractivity (Wildman–Crippen MR) is 110 cm³/mol. The molecule has 0 spiro atoms. The number of halogens is 2. The lowest BCUT2D eigenvalue weighted by Gasteiger charge is -2.34. The normalized spacial score (nSPS) is 17.8. The number of hydrogen-bond donors (Lipinski definition) is 2. The van der Waals surface area contributed by atoms with Crippen molar-refractivity contribution in [2.45, 2.75) is 52.7 Å². The van der Waals surface area contributed by atoms with Crippen LogP contribution in [-0.2, 0) is 11.3 Å². The van der Waals surface area contributed by atoms with Crippen molar-refractivity contribution in [1.82, 2.24) is 15.5 Å². The van der Waals surface area contributed by atoms with Gasteiger partial charge < -0.3 is 20.3 Å². The lowest BCUT2D eigenvalue weighted by molar-refractivity contribution is 0.0168. The maximum atomic E-state index is 13.8. The molecule has 1 aromatic carbocycles. The first-order valence-corrected chi connectivity index (χ1v) is 10.1. The summed E-state index contributed by atoms with van der Waals surface area (Å²) in [6.45, 7) is 10.1. The third kappa shape index (κ3) is 7.87. The van der Waals surface area contributed by atoms with Gasteiger partial charge in [-0.2, -0.15) is 0 Å². The van der Waals surface area contributed by atoms with Gasteiger partial charge in [0.15, 0.2) is 5.96 Å². The SMILES string of the molecule is CCNC(=NCc1cc(F)ccc1F)NCC1CCCN(C(=O)OC(C)(C)C)C1. The van der Waals surface area contributed by atoms with E-state index in [1.165, 1.54) is 0 Å². The molecule has 1 aliphatic heterocycles. The van der Waals surface area contributed by atoms with Crippen LogP contribution in [0.15, 0.2) is 23.2 Å². The number of amides is 1. The smallest absolute Gasteiger partial charge is 0.410 e. The van der Waals surface area contributed by atoms with E-state index in [1.54, 1.807) is 4.90 Å². The highest BCUT2D eigenvalue weighted by molar-refractivity contribution is 5.79. The minimum absolute atomic E-state index is 0.0353. The average molecular weight is 411 g/mol. The molecule has 162 valence electrons. The number of aliphatic imine (C=N–C) groups is 1. The Kier molecular flexibility index (Phi) is 8.22. The number of ether oxygens (including phenoxy) is 1. The van der Waals surface area contributed by atoms with Gasteiger partial charge in [0.25, 0.3) is 0 Å². The van der Waals surface area contributed by atoms with Gasteiger partial charge in [0, 0.05) is 31.7 Å². The zero-order chi connectivity index (χ0) is 21.4. The van der Waals surface area contributed by atoms with Crippen LogP contribution in [0.5, 0.6) is 0 Å². The van der Waals surface area contributed by atoms with Crippen LogP contribution in [0.3, 0.4) is 0 Å². The molecule has 0 saturated carbocycles. The van der Waals surface area contributed by atoms with Gasteiger partial charge in [0.2, 0.25) is 0 Å². The van der Waals surface area contributed by atoms with E-state index in [0.717, 1.165) is 31.0 Å². The van der Waals surface area contributed by atoms with Crippen LogP contribution in [0.2, 0.25) is 0 Å². The highest BCUT2D eigenvalue weighted by Crippen LogP contribution is 2.19. The van der Waals surface area contributed by atoms with Crippen LogP contribution < -0.4 is 10.6 Å². The highest BCUT2D eigenvalue weighted by Gasteiger charge is 2.27. The van der Waals surface area contributed by atoms with Crippen LogP contribution in [-0.4, -0.2) is 48.7 Å². The fourth-order valence-electron chi connectivity index (χ4n) is 3.14. The molecule has 0 aliphatic carbocycles. The van der Waals surface area contributed by atoms with Crippen molar-refractivity contribution in [3.05, 3.63) is 35.4 Å². The fourth-order valence-corrected chi connectivity index (χ4v) is 3.14. The van der Waals surface area contributed by atoms with Crippen LogP contribution in [0.4, 0.5) is 13.6 Å². The molecule has 2 rings (SSSR count). The number of guanidine groups is 1. The lowest BCUT2D eigenvalue weighted by Crippen LogP contribution is -2.47. The number of likely N-dealkylation sites (tertiary alicyclic amines) is 1.